The zero-order chi connectivity index (χ0) is 13.8. The largest absolute Gasteiger partial charge is 0.438 e. The zero-order valence-electron chi connectivity index (χ0n) is 11.8. The number of nitrogens with one attached hydrogen (secondary N) is 1. The van der Waals surface area contributed by atoms with Gasteiger partial charge in [0.05, 0.1) is 5.56 Å². The van der Waals surface area contributed by atoms with Crippen molar-refractivity contribution in [2.24, 2.45) is 0 Å². The van der Waals surface area contributed by atoms with Crippen molar-refractivity contribution in [2.45, 2.75) is 27.2 Å². The van der Waals surface area contributed by atoms with E-state index in [1.54, 1.807) is 0 Å². The lowest BCUT2D eigenvalue weighted by Crippen LogP contribution is -2.05. The van der Waals surface area contributed by atoms with Crippen molar-refractivity contribution in [2.75, 3.05) is 12.4 Å². The third-order valence-electron chi connectivity index (χ3n) is 3.00. The molecular formula is C15H19N3O. The van der Waals surface area contributed by atoms with Gasteiger partial charge in [0.15, 0.2) is 0 Å². The number of para-hydroxylation sites is 1. The molecule has 0 aliphatic heterocycles. The van der Waals surface area contributed by atoms with E-state index in [-0.39, 0.29) is 0 Å². The lowest BCUT2D eigenvalue weighted by Gasteiger charge is -2.13. The van der Waals surface area contributed by atoms with Crippen molar-refractivity contribution >= 4 is 5.82 Å². The predicted molar refractivity (Wildman–Crippen MR) is 76.9 cm³/mol. The van der Waals surface area contributed by atoms with Crippen molar-refractivity contribution in [1.82, 2.24) is 9.97 Å². The Morgan fingerprint density at radius 1 is 1.16 bits per heavy atom. The molecule has 0 bridgehead atoms. The highest BCUT2D eigenvalue weighted by atomic mass is 16.5. The van der Waals surface area contributed by atoms with E-state index in [9.17, 15) is 0 Å². The van der Waals surface area contributed by atoms with Crippen LogP contribution in [0.4, 0.5) is 5.82 Å². The van der Waals surface area contributed by atoms with Gasteiger partial charge in [-0.2, -0.15) is 4.98 Å². The Balaban J connectivity index is 2.42. The molecule has 1 aromatic carbocycles. The van der Waals surface area contributed by atoms with Gasteiger partial charge in [-0.15, -0.1) is 0 Å². The molecule has 100 valence electrons. The lowest BCUT2D eigenvalue weighted by molar-refractivity contribution is 0.452. The van der Waals surface area contributed by atoms with E-state index >= 15 is 0 Å². The maximum Gasteiger partial charge on any atom is 0.227 e. The van der Waals surface area contributed by atoms with Gasteiger partial charge in [-0.05, 0) is 25.5 Å². The summed E-state index contributed by atoms with van der Waals surface area (Å²) in [6.45, 7) is 6.01. The van der Waals surface area contributed by atoms with Crippen LogP contribution in [0.5, 0.6) is 11.6 Å². The molecule has 0 fully saturated rings. The number of anilines is 1. The summed E-state index contributed by atoms with van der Waals surface area (Å²) < 4.78 is 5.93. The van der Waals surface area contributed by atoms with Crippen LogP contribution in [-0.2, 0) is 6.42 Å². The van der Waals surface area contributed by atoms with Gasteiger partial charge < -0.3 is 10.1 Å². The fourth-order valence-corrected chi connectivity index (χ4v) is 1.82. The smallest absolute Gasteiger partial charge is 0.227 e. The summed E-state index contributed by atoms with van der Waals surface area (Å²) in [6.07, 6.45) is 0.777. The van der Waals surface area contributed by atoms with Crippen molar-refractivity contribution < 1.29 is 4.74 Å². The summed E-state index contributed by atoms with van der Waals surface area (Å²) in [5, 5.41) is 3.08. The first-order chi connectivity index (χ1) is 9.15. The maximum atomic E-state index is 5.93. The highest BCUT2D eigenvalue weighted by molar-refractivity contribution is 5.49. The minimum atomic E-state index is 0.616. The molecule has 0 spiro atoms. The zero-order valence-corrected chi connectivity index (χ0v) is 11.8. The molecule has 1 aromatic heterocycles. The average Bonchev–Trinajstić information content (AvgIpc) is 2.43. The molecule has 0 atom stereocenters. The van der Waals surface area contributed by atoms with Gasteiger partial charge in [0.2, 0.25) is 5.88 Å². The van der Waals surface area contributed by atoms with Crippen LogP contribution in [0.3, 0.4) is 0 Å². The number of hydrogen-bond acceptors (Lipinski definition) is 4. The molecule has 2 aromatic rings. The molecule has 0 radical (unpaired) electrons. The van der Waals surface area contributed by atoms with Crippen LogP contribution in [-0.4, -0.2) is 17.0 Å². The second-order valence-corrected chi connectivity index (χ2v) is 4.39. The van der Waals surface area contributed by atoms with E-state index in [1.807, 2.05) is 52.1 Å². The molecule has 0 unspecified atom stereocenters. The Hall–Kier alpha value is -2.10. The second kappa shape index (κ2) is 5.69. The van der Waals surface area contributed by atoms with Crippen LogP contribution in [0.1, 0.15) is 23.9 Å². The fourth-order valence-electron chi connectivity index (χ4n) is 1.82. The Kier molecular flexibility index (Phi) is 4.00. The number of aromatic nitrogens is 2. The number of nitrogens with zero attached hydrogens (tertiary/aromatic N) is 2. The summed E-state index contributed by atoms with van der Waals surface area (Å²) in [7, 11) is 1.85. The third-order valence-corrected chi connectivity index (χ3v) is 3.00. The van der Waals surface area contributed by atoms with Crippen molar-refractivity contribution in [3.63, 3.8) is 0 Å². The third kappa shape index (κ3) is 2.84. The first-order valence-electron chi connectivity index (χ1n) is 6.44. The van der Waals surface area contributed by atoms with Crippen molar-refractivity contribution in [1.29, 1.82) is 0 Å². The van der Waals surface area contributed by atoms with Gasteiger partial charge >= 0.3 is 0 Å². The van der Waals surface area contributed by atoms with Crippen molar-refractivity contribution in [3.8, 4) is 11.6 Å². The first-order valence-corrected chi connectivity index (χ1v) is 6.44. The average molecular weight is 257 g/mol. The Morgan fingerprint density at radius 2 is 1.89 bits per heavy atom. The van der Waals surface area contributed by atoms with E-state index < -0.39 is 0 Å². The van der Waals surface area contributed by atoms with E-state index in [2.05, 4.69) is 15.3 Å². The number of hydrogen-bond donors (Lipinski definition) is 1. The van der Waals surface area contributed by atoms with Crippen LogP contribution < -0.4 is 10.1 Å². The fraction of sp³-hybridized carbons (Fsp3) is 0.333. The maximum absolute atomic E-state index is 5.93. The predicted octanol–water partition coefficient (Wildman–Crippen LogP) is 3.49. The summed E-state index contributed by atoms with van der Waals surface area (Å²) in [4.78, 5) is 8.89. The van der Waals surface area contributed by atoms with Gasteiger partial charge in [-0.3, -0.25) is 0 Å². The molecule has 4 heteroatoms. The SMILES string of the molecule is CCc1nc(NC)c(C)c(Oc2ccccc2C)n1. The lowest BCUT2D eigenvalue weighted by atomic mass is 10.2. The van der Waals surface area contributed by atoms with Crippen LogP contribution in [0.15, 0.2) is 24.3 Å². The highest BCUT2D eigenvalue weighted by Crippen LogP contribution is 2.28. The van der Waals surface area contributed by atoms with Gasteiger partial charge in [-0.25, -0.2) is 4.98 Å². The normalized spacial score (nSPS) is 10.3. The molecule has 1 heterocycles. The topological polar surface area (TPSA) is 47.0 Å². The van der Waals surface area contributed by atoms with Crippen LogP contribution in [0, 0.1) is 13.8 Å². The van der Waals surface area contributed by atoms with E-state index in [1.165, 1.54) is 0 Å². The standard InChI is InChI=1S/C15H19N3O/c1-5-13-17-14(16-4)11(3)15(18-13)19-12-9-7-6-8-10(12)2/h6-9H,5H2,1-4H3,(H,16,17,18). The number of benzene rings is 1. The Morgan fingerprint density at radius 3 is 2.53 bits per heavy atom. The second-order valence-electron chi connectivity index (χ2n) is 4.39. The van der Waals surface area contributed by atoms with E-state index in [0.717, 1.165) is 34.9 Å². The summed E-state index contributed by atoms with van der Waals surface area (Å²) in [5.41, 5.74) is 2.01. The summed E-state index contributed by atoms with van der Waals surface area (Å²) in [6, 6.07) is 7.91. The molecule has 4 nitrogen and oxygen atoms in total. The molecular weight excluding hydrogens is 238 g/mol. The first kappa shape index (κ1) is 13.3. The van der Waals surface area contributed by atoms with Crippen LogP contribution in [0.2, 0.25) is 0 Å². The molecule has 0 saturated carbocycles. The molecule has 0 aliphatic carbocycles. The Bertz CT molecular complexity index is 582. The quantitative estimate of drug-likeness (QED) is 0.910. The summed E-state index contributed by atoms with van der Waals surface area (Å²) >= 11 is 0. The number of rotatable bonds is 4. The van der Waals surface area contributed by atoms with Gasteiger partial charge in [-0.1, -0.05) is 25.1 Å². The van der Waals surface area contributed by atoms with Gasteiger partial charge in [0, 0.05) is 13.5 Å². The summed E-state index contributed by atoms with van der Waals surface area (Å²) in [5.74, 6) is 3.04. The van der Waals surface area contributed by atoms with Gasteiger partial charge in [0.1, 0.15) is 17.4 Å². The van der Waals surface area contributed by atoms with Crippen molar-refractivity contribution in [3.05, 3.63) is 41.2 Å². The minimum absolute atomic E-state index is 0.616. The molecule has 1 N–H and O–H groups in total. The van der Waals surface area contributed by atoms with Crippen LogP contribution >= 0.6 is 0 Å². The van der Waals surface area contributed by atoms with E-state index in [4.69, 9.17) is 4.74 Å². The monoisotopic (exact) mass is 257 g/mol. The van der Waals surface area contributed by atoms with Gasteiger partial charge in [0.25, 0.3) is 0 Å². The number of ether oxygens (including phenoxy) is 1. The molecule has 19 heavy (non-hydrogen) atoms. The van der Waals surface area contributed by atoms with E-state index in [0.29, 0.717) is 5.88 Å². The highest BCUT2D eigenvalue weighted by Gasteiger charge is 2.12. The minimum Gasteiger partial charge on any atom is -0.438 e. The molecule has 0 aliphatic rings. The number of aryl methyl sites for hydroxylation is 2. The van der Waals surface area contributed by atoms with Crippen LogP contribution in [0.25, 0.3) is 0 Å². The molecule has 0 saturated heterocycles. The molecule has 2 rings (SSSR count). The Labute approximate surface area is 113 Å². The molecule has 0 amide bonds.